The third kappa shape index (κ3) is 2.94. The molecule has 0 radical (unpaired) electrons. The third-order valence-electron chi connectivity index (χ3n) is 2.62. The van der Waals surface area contributed by atoms with Gasteiger partial charge in [-0.25, -0.2) is 0 Å². The third-order valence-corrected chi connectivity index (χ3v) is 2.86. The molecule has 1 N–H and O–H groups in total. The Bertz CT molecular complexity index is 329. The lowest BCUT2D eigenvalue weighted by atomic mass is 10.1. The van der Waals surface area contributed by atoms with E-state index >= 15 is 0 Å². The van der Waals surface area contributed by atoms with Crippen LogP contribution in [0.2, 0.25) is 5.02 Å². The number of hydrogen-bond acceptors (Lipinski definition) is 2. The Labute approximate surface area is 95.6 Å². The Balaban J connectivity index is 2.09. The van der Waals surface area contributed by atoms with Gasteiger partial charge >= 0.3 is 0 Å². The van der Waals surface area contributed by atoms with Crippen LogP contribution in [0, 0.1) is 5.92 Å². The van der Waals surface area contributed by atoms with Gasteiger partial charge in [0.1, 0.15) is 0 Å². The molecule has 2 atom stereocenters. The number of ether oxygens (including phenoxy) is 1. The van der Waals surface area contributed by atoms with Crippen molar-refractivity contribution in [1.82, 2.24) is 5.32 Å². The van der Waals surface area contributed by atoms with Gasteiger partial charge in [0, 0.05) is 18.1 Å². The Morgan fingerprint density at radius 3 is 3.07 bits per heavy atom. The zero-order chi connectivity index (χ0) is 10.7. The molecular weight excluding hydrogens is 210 g/mol. The van der Waals surface area contributed by atoms with Gasteiger partial charge in [-0.1, -0.05) is 30.7 Å². The lowest BCUT2D eigenvalue weighted by Crippen LogP contribution is -2.22. The van der Waals surface area contributed by atoms with Crippen LogP contribution in [0.4, 0.5) is 0 Å². The molecule has 0 saturated carbocycles. The highest BCUT2D eigenvalue weighted by Gasteiger charge is 2.17. The topological polar surface area (TPSA) is 21.3 Å². The van der Waals surface area contributed by atoms with Crippen LogP contribution in [0.25, 0.3) is 0 Å². The Morgan fingerprint density at radius 2 is 2.27 bits per heavy atom. The molecule has 0 bridgehead atoms. The average Bonchev–Trinajstić information content (AvgIpc) is 2.43. The highest BCUT2D eigenvalue weighted by molar-refractivity contribution is 6.30. The number of benzene rings is 1. The van der Waals surface area contributed by atoms with E-state index < -0.39 is 0 Å². The van der Waals surface area contributed by atoms with Gasteiger partial charge < -0.3 is 10.1 Å². The standard InChI is InChI=1S/C12H16ClNO/c1-9-6-14-7-12(15-8-9)10-3-2-4-11(13)5-10/h2-5,9,12,14H,6-8H2,1H3. The van der Waals surface area contributed by atoms with E-state index in [0.29, 0.717) is 5.92 Å². The monoisotopic (exact) mass is 225 g/mol. The molecule has 82 valence electrons. The summed E-state index contributed by atoms with van der Waals surface area (Å²) in [6.45, 7) is 4.89. The second kappa shape index (κ2) is 4.97. The van der Waals surface area contributed by atoms with Gasteiger partial charge in [-0.2, -0.15) is 0 Å². The van der Waals surface area contributed by atoms with E-state index in [4.69, 9.17) is 16.3 Å². The van der Waals surface area contributed by atoms with Crippen LogP contribution in [-0.2, 0) is 4.74 Å². The minimum absolute atomic E-state index is 0.133. The van der Waals surface area contributed by atoms with E-state index in [0.717, 1.165) is 30.3 Å². The molecule has 0 aromatic heterocycles. The van der Waals surface area contributed by atoms with Crippen molar-refractivity contribution < 1.29 is 4.74 Å². The van der Waals surface area contributed by atoms with Gasteiger partial charge in [-0.3, -0.25) is 0 Å². The number of hydrogen-bond donors (Lipinski definition) is 1. The number of halogens is 1. The van der Waals surface area contributed by atoms with Gasteiger partial charge in [0.2, 0.25) is 0 Å². The molecule has 1 aliphatic rings. The maximum absolute atomic E-state index is 5.96. The highest BCUT2D eigenvalue weighted by atomic mass is 35.5. The van der Waals surface area contributed by atoms with Crippen LogP contribution in [-0.4, -0.2) is 19.7 Å². The summed E-state index contributed by atoms with van der Waals surface area (Å²) in [6.07, 6.45) is 0.133. The van der Waals surface area contributed by atoms with Crippen LogP contribution in [0.5, 0.6) is 0 Å². The molecule has 1 aliphatic heterocycles. The summed E-state index contributed by atoms with van der Waals surface area (Å²) in [7, 11) is 0. The fraction of sp³-hybridized carbons (Fsp3) is 0.500. The molecule has 0 spiro atoms. The molecule has 1 heterocycles. The van der Waals surface area contributed by atoms with Gasteiger partial charge in [-0.15, -0.1) is 0 Å². The molecule has 15 heavy (non-hydrogen) atoms. The largest absolute Gasteiger partial charge is 0.372 e. The number of rotatable bonds is 1. The minimum Gasteiger partial charge on any atom is -0.372 e. The van der Waals surface area contributed by atoms with Crippen LogP contribution >= 0.6 is 11.6 Å². The van der Waals surface area contributed by atoms with Gasteiger partial charge in [-0.05, 0) is 23.6 Å². The van der Waals surface area contributed by atoms with Crippen molar-refractivity contribution in [3.8, 4) is 0 Å². The van der Waals surface area contributed by atoms with E-state index in [1.807, 2.05) is 18.2 Å². The van der Waals surface area contributed by atoms with Gasteiger partial charge in [0.25, 0.3) is 0 Å². The summed E-state index contributed by atoms with van der Waals surface area (Å²) in [6, 6.07) is 7.89. The second-order valence-electron chi connectivity index (χ2n) is 4.14. The van der Waals surface area contributed by atoms with Gasteiger partial charge in [0.15, 0.2) is 0 Å². The Hall–Kier alpha value is -0.570. The van der Waals surface area contributed by atoms with E-state index in [2.05, 4.69) is 18.3 Å². The van der Waals surface area contributed by atoms with Crippen LogP contribution < -0.4 is 5.32 Å². The smallest absolute Gasteiger partial charge is 0.0949 e. The summed E-state index contributed by atoms with van der Waals surface area (Å²) < 4.78 is 5.84. The predicted octanol–water partition coefficient (Wildman–Crippen LogP) is 2.64. The van der Waals surface area contributed by atoms with E-state index in [9.17, 15) is 0 Å². The molecule has 1 saturated heterocycles. The fourth-order valence-electron chi connectivity index (χ4n) is 1.78. The molecule has 2 nitrogen and oxygen atoms in total. The van der Waals surface area contributed by atoms with E-state index in [1.165, 1.54) is 0 Å². The summed E-state index contributed by atoms with van der Waals surface area (Å²) in [5.41, 5.74) is 1.16. The van der Waals surface area contributed by atoms with Crippen molar-refractivity contribution >= 4 is 11.6 Å². The zero-order valence-electron chi connectivity index (χ0n) is 8.87. The summed E-state index contributed by atoms with van der Waals surface area (Å²) in [4.78, 5) is 0. The fourth-order valence-corrected chi connectivity index (χ4v) is 1.98. The van der Waals surface area contributed by atoms with Crippen LogP contribution in [0.1, 0.15) is 18.6 Å². The normalized spacial score (nSPS) is 27.3. The van der Waals surface area contributed by atoms with Crippen molar-refractivity contribution in [3.63, 3.8) is 0 Å². The highest BCUT2D eigenvalue weighted by Crippen LogP contribution is 2.22. The first kappa shape index (κ1) is 10.9. The van der Waals surface area contributed by atoms with Crippen LogP contribution in [0.15, 0.2) is 24.3 Å². The molecular formula is C12H16ClNO. The van der Waals surface area contributed by atoms with Gasteiger partial charge in [0.05, 0.1) is 12.7 Å². The maximum atomic E-state index is 5.96. The summed E-state index contributed by atoms with van der Waals surface area (Å²) in [5.74, 6) is 0.578. The molecule has 1 aromatic rings. The molecule has 0 aliphatic carbocycles. The molecule has 0 amide bonds. The Morgan fingerprint density at radius 1 is 1.40 bits per heavy atom. The molecule has 2 rings (SSSR count). The maximum Gasteiger partial charge on any atom is 0.0949 e. The van der Waals surface area contributed by atoms with Crippen LogP contribution in [0.3, 0.4) is 0 Å². The second-order valence-corrected chi connectivity index (χ2v) is 4.58. The van der Waals surface area contributed by atoms with Crippen molar-refractivity contribution in [2.45, 2.75) is 13.0 Å². The summed E-state index contributed by atoms with van der Waals surface area (Å²) >= 11 is 5.96. The molecule has 2 unspecified atom stereocenters. The molecule has 3 heteroatoms. The lowest BCUT2D eigenvalue weighted by molar-refractivity contribution is 0.0515. The molecule has 1 fully saturated rings. The van der Waals surface area contributed by atoms with E-state index in [-0.39, 0.29) is 6.10 Å². The number of nitrogens with one attached hydrogen (secondary N) is 1. The van der Waals surface area contributed by atoms with Crippen molar-refractivity contribution in [3.05, 3.63) is 34.9 Å². The average molecular weight is 226 g/mol. The van der Waals surface area contributed by atoms with Crippen molar-refractivity contribution in [1.29, 1.82) is 0 Å². The van der Waals surface area contributed by atoms with Crippen molar-refractivity contribution in [2.75, 3.05) is 19.7 Å². The van der Waals surface area contributed by atoms with Crippen molar-refractivity contribution in [2.24, 2.45) is 5.92 Å². The minimum atomic E-state index is 0.133. The lowest BCUT2D eigenvalue weighted by Gasteiger charge is -2.15. The first-order chi connectivity index (χ1) is 7.25. The summed E-state index contributed by atoms with van der Waals surface area (Å²) in [5, 5.41) is 4.17. The SMILES string of the molecule is CC1CNCC(c2cccc(Cl)c2)OC1. The first-order valence-electron chi connectivity index (χ1n) is 5.33. The zero-order valence-corrected chi connectivity index (χ0v) is 9.63. The molecule has 1 aromatic carbocycles. The first-order valence-corrected chi connectivity index (χ1v) is 5.71. The predicted molar refractivity (Wildman–Crippen MR) is 62.2 cm³/mol. The quantitative estimate of drug-likeness (QED) is 0.794. The Kier molecular flexibility index (Phi) is 3.62. The van der Waals surface area contributed by atoms with E-state index in [1.54, 1.807) is 0 Å².